The van der Waals surface area contributed by atoms with E-state index in [0.717, 1.165) is 22.2 Å². The number of nitrogens with one attached hydrogen (secondary N) is 1. The highest BCUT2D eigenvalue weighted by atomic mass is 35.5. The minimum atomic E-state index is -0.572. The first-order chi connectivity index (χ1) is 17.8. The molecule has 1 fully saturated rings. The first kappa shape index (κ1) is 26.6. The predicted molar refractivity (Wildman–Crippen MR) is 146 cm³/mol. The lowest BCUT2D eigenvalue weighted by molar-refractivity contribution is -0.127. The van der Waals surface area contributed by atoms with Crippen LogP contribution >= 0.6 is 35.0 Å². The van der Waals surface area contributed by atoms with Gasteiger partial charge in [-0.3, -0.25) is 19.3 Å². The zero-order valence-corrected chi connectivity index (χ0v) is 22.0. The van der Waals surface area contributed by atoms with Crippen molar-refractivity contribution in [2.75, 3.05) is 18.5 Å². The molecule has 1 saturated heterocycles. The van der Waals surface area contributed by atoms with Crippen molar-refractivity contribution >= 4 is 63.8 Å². The SMILES string of the molecule is CCOc1ccc(NC(=O)CN2C(=O)S/C(=C/c3cc(Cl)ccc3OCc3cccc(Cl)c3)C2=O)cc1. The Balaban J connectivity index is 1.44. The van der Waals surface area contributed by atoms with Gasteiger partial charge in [-0.2, -0.15) is 0 Å². The minimum absolute atomic E-state index is 0.161. The number of carbonyl (C=O) groups is 3. The van der Waals surface area contributed by atoms with Gasteiger partial charge in [0.15, 0.2) is 0 Å². The summed E-state index contributed by atoms with van der Waals surface area (Å²) in [6, 6.07) is 19.1. The van der Waals surface area contributed by atoms with E-state index in [1.54, 1.807) is 54.6 Å². The third kappa shape index (κ3) is 7.07. The fourth-order valence-corrected chi connectivity index (χ4v) is 4.70. The number of nitrogens with zero attached hydrogens (tertiary/aromatic N) is 1. The second-order valence-corrected chi connectivity index (χ2v) is 9.74. The average Bonchev–Trinajstić information content (AvgIpc) is 3.12. The molecule has 37 heavy (non-hydrogen) atoms. The van der Waals surface area contributed by atoms with Crippen LogP contribution in [0.3, 0.4) is 0 Å². The summed E-state index contributed by atoms with van der Waals surface area (Å²) >= 11 is 13.0. The summed E-state index contributed by atoms with van der Waals surface area (Å²) in [6.07, 6.45) is 1.54. The molecule has 1 N–H and O–H groups in total. The second-order valence-electron chi connectivity index (χ2n) is 7.87. The number of amides is 3. The summed E-state index contributed by atoms with van der Waals surface area (Å²) in [6.45, 7) is 2.24. The highest BCUT2D eigenvalue weighted by Gasteiger charge is 2.36. The van der Waals surface area contributed by atoms with E-state index in [1.165, 1.54) is 6.08 Å². The van der Waals surface area contributed by atoms with Gasteiger partial charge in [-0.15, -0.1) is 0 Å². The predicted octanol–water partition coefficient (Wildman–Crippen LogP) is 6.65. The molecule has 0 bridgehead atoms. The number of hydrogen-bond donors (Lipinski definition) is 1. The van der Waals surface area contributed by atoms with Crippen LogP contribution in [-0.2, 0) is 16.2 Å². The molecule has 0 radical (unpaired) electrons. The molecule has 1 aliphatic heterocycles. The highest BCUT2D eigenvalue weighted by Crippen LogP contribution is 2.35. The minimum Gasteiger partial charge on any atom is -0.494 e. The lowest BCUT2D eigenvalue weighted by Crippen LogP contribution is -2.36. The van der Waals surface area contributed by atoms with E-state index in [2.05, 4.69) is 5.32 Å². The number of halogens is 2. The van der Waals surface area contributed by atoms with E-state index in [9.17, 15) is 14.4 Å². The van der Waals surface area contributed by atoms with Crippen molar-refractivity contribution in [2.45, 2.75) is 13.5 Å². The van der Waals surface area contributed by atoms with E-state index in [0.29, 0.717) is 39.4 Å². The molecule has 3 amide bonds. The number of imide groups is 1. The zero-order valence-electron chi connectivity index (χ0n) is 19.7. The number of carbonyl (C=O) groups excluding carboxylic acids is 3. The Bertz CT molecular complexity index is 1360. The van der Waals surface area contributed by atoms with Gasteiger partial charge in [-0.05, 0) is 84.9 Å². The van der Waals surface area contributed by atoms with Gasteiger partial charge in [0.05, 0.1) is 11.5 Å². The summed E-state index contributed by atoms with van der Waals surface area (Å²) in [5.41, 5.74) is 1.92. The van der Waals surface area contributed by atoms with Crippen molar-refractivity contribution < 1.29 is 23.9 Å². The number of rotatable bonds is 9. The maximum atomic E-state index is 13.0. The summed E-state index contributed by atoms with van der Waals surface area (Å²) in [4.78, 5) is 39.1. The van der Waals surface area contributed by atoms with Crippen molar-refractivity contribution in [3.8, 4) is 11.5 Å². The van der Waals surface area contributed by atoms with Crippen molar-refractivity contribution in [1.82, 2.24) is 4.90 Å². The molecular formula is C27H22Cl2N2O5S. The fraction of sp³-hybridized carbons (Fsp3) is 0.148. The standard InChI is InChI=1S/C27H22Cl2N2O5S/c1-2-35-22-9-7-21(8-10-22)30-25(32)15-31-26(33)24(37-27(31)34)14-18-13-20(29)6-11-23(18)36-16-17-4-3-5-19(28)12-17/h3-14H,2,15-16H2,1H3,(H,30,32)/b24-14+. The molecule has 4 rings (SSSR count). The van der Waals surface area contributed by atoms with Gasteiger partial charge in [-0.25, -0.2) is 0 Å². The van der Waals surface area contributed by atoms with Gasteiger partial charge in [0, 0.05) is 21.3 Å². The van der Waals surface area contributed by atoms with E-state index >= 15 is 0 Å². The Morgan fingerprint density at radius 3 is 2.49 bits per heavy atom. The van der Waals surface area contributed by atoms with E-state index in [4.69, 9.17) is 32.7 Å². The largest absolute Gasteiger partial charge is 0.494 e. The molecule has 1 aliphatic rings. The Kier molecular flexibility index (Phi) is 8.76. The van der Waals surface area contributed by atoms with Gasteiger partial charge >= 0.3 is 0 Å². The highest BCUT2D eigenvalue weighted by molar-refractivity contribution is 8.18. The van der Waals surface area contributed by atoms with Crippen molar-refractivity contribution in [3.05, 3.63) is 92.8 Å². The van der Waals surface area contributed by atoms with E-state index < -0.39 is 23.6 Å². The van der Waals surface area contributed by atoms with Crippen LogP contribution in [0.25, 0.3) is 6.08 Å². The van der Waals surface area contributed by atoms with Gasteiger partial charge in [0.2, 0.25) is 5.91 Å². The molecule has 1 heterocycles. The molecule has 190 valence electrons. The normalized spacial score (nSPS) is 14.2. The Morgan fingerprint density at radius 2 is 1.76 bits per heavy atom. The third-order valence-corrected chi connectivity index (χ3v) is 6.54. The van der Waals surface area contributed by atoms with Crippen LogP contribution in [0.1, 0.15) is 18.1 Å². The van der Waals surface area contributed by atoms with Crippen molar-refractivity contribution in [3.63, 3.8) is 0 Å². The fourth-order valence-electron chi connectivity index (χ4n) is 3.47. The van der Waals surface area contributed by atoms with Crippen LogP contribution in [0.2, 0.25) is 10.0 Å². The summed E-state index contributed by atoms with van der Waals surface area (Å²) in [5.74, 6) is 0.0801. The van der Waals surface area contributed by atoms with Crippen LogP contribution in [-0.4, -0.2) is 35.1 Å². The van der Waals surface area contributed by atoms with E-state index in [-0.39, 0.29) is 11.5 Å². The van der Waals surface area contributed by atoms with Gasteiger partial charge in [0.25, 0.3) is 11.1 Å². The summed E-state index contributed by atoms with van der Waals surface area (Å²) < 4.78 is 11.3. The number of hydrogen-bond acceptors (Lipinski definition) is 6. The zero-order chi connectivity index (χ0) is 26.4. The molecule has 0 unspecified atom stereocenters. The molecular weight excluding hydrogens is 535 g/mol. The van der Waals surface area contributed by atoms with Gasteiger partial charge in [-0.1, -0.05) is 35.3 Å². The molecule has 0 spiro atoms. The maximum Gasteiger partial charge on any atom is 0.294 e. The smallest absolute Gasteiger partial charge is 0.294 e. The molecule has 3 aromatic carbocycles. The summed E-state index contributed by atoms with van der Waals surface area (Å²) in [7, 11) is 0. The third-order valence-electron chi connectivity index (χ3n) is 5.17. The quantitative estimate of drug-likeness (QED) is 0.297. The first-order valence-electron chi connectivity index (χ1n) is 11.3. The molecule has 0 aromatic heterocycles. The first-order valence-corrected chi connectivity index (χ1v) is 12.8. The van der Waals surface area contributed by atoms with Crippen LogP contribution < -0.4 is 14.8 Å². The lowest BCUT2D eigenvalue weighted by Gasteiger charge is -2.13. The monoisotopic (exact) mass is 556 g/mol. The average molecular weight is 557 g/mol. The number of anilines is 1. The van der Waals surface area contributed by atoms with Crippen molar-refractivity contribution in [2.24, 2.45) is 0 Å². The van der Waals surface area contributed by atoms with Crippen molar-refractivity contribution in [1.29, 1.82) is 0 Å². The number of thioether (sulfide) groups is 1. The number of benzene rings is 3. The van der Waals surface area contributed by atoms with Crippen LogP contribution in [0, 0.1) is 0 Å². The molecule has 10 heteroatoms. The van der Waals surface area contributed by atoms with E-state index in [1.807, 2.05) is 19.1 Å². The molecule has 0 saturated carbocycles. The molecule has 0 aliphatic carbocycles. The summed E-state index contributed by atoms with van der Waals surface area (Å²) in [5, 5.41) is 3.18. The van der Waals surface area contributed by atoms with Crippen LogP contribution in [0.5, 0.6) is 11.5 Å². The molecule has 3 aromatic rings. The maximum absolute atomic E-state index is 13.0. The van der Waals surface area contributed by atoms with Crippen LogP contribution in [0.4, 0.5) is 10.5 Å². The Morgan fingerprint density at radius 1 is 1.00 bits per heavy atom. The lowest BCUT2D eigenvalue weighted by atomic mass is 10.1. The molecule has 7 nitrogen and oxygen atoms in total. The number of ether oxygens (including phenoxy) is 2. The molecule has 0 atom stereocenters. The van der Waals surface area contributed by atoms with Crippen LogP contribution in [0.15, 0.2) is 71.6 Å². The Labute approximate surface area is 228 Å². The van der Waals surface area contributed by atoms with Gasteiger partial charge in [0.1, 0.15) is 24.7 Å². The second kappa shape index (κ2) is 12.2. The topological polar surface area (TPSA) is 84.9 Å². The Hall–Kier alpha value is -3.46. The van der Waals surface area contributed by atoms with Gasteiger partial charge < -0.3 is 14.8 Å².